The zero-order chi connectivity index (χ0) is 14.7. The van der Waals surface area contributed by atoms with Crippen molar-refractivity contribution in [3.8, 4) is 11.5 Å². The van der Waals surface area contributed by atoms with E-state index in [1.807, 2.05) is 36.4 Å². The molecule has 0 aromatic heterocycles. The molecule has 1 aliphatic heterocycles. The van der Waals surface area contributed by atoms with E-state index in [1.165, 1.54) is 0 Å². The van der Waals surface area contributed by atoms with E-state index in [-0.39, 0.29) is 5.78 Å². The van der Waals surface area contributed by atoms with Crippen molar-refractivity contribution in [2.75, 3.05) is 13.7 Å². The summed E-state index contributed by atoms with van der Waals surface area (Å²) in [6.07, 6.45) is 3.13. The molecule has 2 aromatic carbocycles. The highest BCUT2D eigenvalue weighted by molar-refractivity contribution is 6.09. The van der Waals surface area contributed by atoms with Crippen LogP contribution < -0.4 is 9.47 Å². The van der Waals surface area contributed by atoms with Gasteiger partial charge in [-0.3, -0.25) is 4.79 Å². The van der Waals surface area contributed by atoms with E-state index in [0.29, 0.717) is 16.9 Å². The van der Waals surface area contributed by atoms with Crippen LogP contribution in [0.2, 0.25) is 0 Å². The lowest BCUT2D eigenvalue weighted by atomic mass is 9.99. The number of ketones is 1. The van der Waals surface area contributed by atoms with E-state index in [2.05, 4.69) is 0 Å². The Morgan fingerprint density at radius 3 is 2.81 bits per heavy atom. The third kappa shape index (κ3) is 2.92. The van der Waals surface area contributed by atoms with Crippen LogP contribution in [0.3, 0.4) is 0 Å². The largest absolute Gasteiger partial charge is 0.497 e. The number of carbonyl (C=O) groups excluding carboxylic acids is 1. The van der Waals surface area contributed by atoms with Gasteiger partial charge in [0.2, 0.25) is 0 Å². The SMILES string of the molecule is COc1cccc(C(=O)c2ccc3c(c2)CCCCO3)c1. The maximum absolute atomic E-state index is 12.6. The second-order valence-electron chi connectivity index (χ2n) is 5.19. The highest BCUT2D eigenvalue weighted by atomic mass is 16.5. The van der Waals surface area contributed by atoms with Crippen molar-refractivity contribution in [1.29, 1.82) is 0 Å². The van der Waals surface area contributed by atoms with E-state index in [9.17, 15) is 4.79 Å². The lowest BCUT2D eigenvalue weighted by Crippen LogP contribution is -2.03. The van der Waals surface area contributed by atoms with Crippen LogP contribution in [-0.4, -0.2) is 19.5 Å². The lowest BCUT2D eigenvalue weighted by molar-refractivity contribution is 0.103. The highest BCUT2D eigenvalue weighted by Gasteiger charge is 2.14. The van der Waals surface area contributed by atoms with Gasteiger partial charge in [0.15, 0.2) is 5.78 Å². The molecular weight excluding hydrogens is 264 g/mol. The molecule has 0 saturated heterocycles. The Balaban J connectivity index is 1.92. The molecule has 0 spiro atoms. The second-order valence-corrected chi connectivity index (χ2v) is 5.19. The number of fused-ring (bicyclic) bond motifs is 1. The number of hydrogen-bond acceptors (Lipinski definition) is 3. The summed E-state index contributed by atoms with van der Waals surface area (Å²) < 4.78 is 10.9. The lowest BCUT2D eigenvalue weighted by Gasteiger charge is -2.09. The van der Waals surface area contributed by atoms with Crippen molar-refractivity contribution in [2.45, 2.75) is 19.3 Å². The molecule has 21 heavy (non-hydrogen) atoms. The van der Waals surface area contributed by atoms with Crippen molar-refractivity contribution in [3.05, 3.63) is 59.2 Å². The molecule has 108 valence electrons. The molecule has 0 atom stereocenters. The Morgan fingerprint density at radius 1 is 1.10 bits per heavy atom. The van der Waals surface area contributed by atoms with Crippen LogP contribution in [0.15, 0.2) is 42.5 Å². The number of benzene rings is 2. The number of methoxy groups -OCH3 is 1. The minimum absolute atomic E-state index is 0.0148. The van der Waals surface area contributed by atoms with Crippen molar-refractivity contribution in [3.63, 3.8) is 0 Å². The Kier molecular flexibility index (Phi) is 3.91. The molecule has 0 N–H and O–H groups in total. The Hall–Kier alpha value is -2.29. The van der Waals surface area contributed by atoms with Crippen LogP contribution in [-0.2, 0) is 6.42 Å². The number of hydrogen-bond donors (Lipinski definition) is 0. The van der Waals surface area contributed by atoms with Gasteiger partial charge in [0, 0.05) is 11.1 Å². The molecular formula is C18H18O3. The molecule has 3 nitrogen and oxygen atoms in total. The number of aryl methyl sites for hydroxylation is 1. The smallest absolute Gasteiger partial charge is 0.193 e. The van der Waals surface area contributed by atoms with Crippen molar-refractivity contribution < 1.29 is 14.3 Å². The van der Waals surface area contributed by atoms with Crippen LogP contribution in [0.5, 0.6) is 11.5 Å². The predicted molar refractivity (Wildman–Crippen MR) is 81.3 cm³/mol. The molecule has 3 rings (SSSR count). The standard InChI is InChI=1S/C18H18O3/c1-20-16-7-4-6-14(12-16)18(19)15-8-9-17-13(11-15)5-2-3-10-21-17/h4,6-9,11-12H,2-3,5,10H2,1H3. The molecule has 0 bridgehead atoms. The predicted octanol–water partition coefficient (Wildman–Crippen LogP) is 3.64. The van der Waals surface area contributed by atoms with Gasteiger partial charge in [-0.05, 0) is 55.2 Å². The fourth-order valence-electron chi connectivity index (χ4n) is 2.59. The summed E-state index contributed by atoms with van der Waals surface area (Å²) in [5, 5.41) is 0. The molecule has 3 heteroatoms. The quantitative estimate of drug-likeness (QED) is 0.806. The van der Waals surface area contributed by atoms with Gasteiger partial charge in [-0.2, -0.15) is 0 Å². The van der Waals surface area contributed by atoms with E-state index in [1.54, 1.807) is 13.2 Å². The van der Waals surface area contributed by atoms with Crippen LogP contribution in [0.4, 0.5) is 0 Å². The summed E-state index contributed by atoms with van der Waals surface area (Å²) in [6, 6.07) is 13.0. The van der Waals surface area contributed by atoms with Crippen LogP contribution in [0.25, 0.3) is 0 Å². The number of carbonyl (C=O) groups is 1. The van der Waals surface area contributed by atoms with Gasteiger partial charge < -0.3 is 9.47 Å². The summed E-state index contributed by atoms with van der Waals surface area (Å²) in [6.45, 7) is 0.760. The maximum Gasteiger partial charge on any atom is 0.193 e. The van der Waals surface area contributed by atoms with Gasteiger partial charge in [-0.1, -0.05) is 12.1 Å². The van der Waals surface area contributed by atoms with Gasteiger partial charge in [-0.25, -0.2) is 0 Å². The fraction of sp³-hybridized carbons (Fsp3) is 0.278. The van der Waals surface area contributed by atoms with E-state index < -0.39 is 0 Å². The first kappa shape index (κ1) is 13.7. The van der Waals surface area contributed by atoms with Crippen molar-refractivity contribution >= 4 is 5.78 Å². The van der Waals surface area contributed by atoms with Gasteiger partial charge in [-0.15, -0.1) is 0 Å². The zero-order valence-corrected chi connectivity index (χ0v) is 12.1. The van der Waals surface area contributed by atoms with Gasteiger partial charge in [0.25, 0.3) is 0 Å². The van der Waals surface area contributed by atoms with E-state index in [0.717, 1.165) is 37.2 Å². The molecule has 0 unspecified atom stereocenters. The third-order valence-corrected chi connectivity index (χ3v) is 3.75. The molecule has 2 aromatic rings. The molecule has 1 aliphatic rings. The summed E-state index contributed by atoms with van der Waals surface area (Å²) in [5.41, 5.74) is 2.47. The van der Waals surface area contributed by atoms with Crippen molar-refractivity contribution in [1.82, 2.24) is 0 Å². The monoisotopic (exact) mass is 282 g/mol. The Labute approximate surface area is 124 Å². The summed E-state index contributed by atoms with van der Waals surface area (Å²) >= 11 is 0. The molecule has 0 saturated carbocycles. The average Bonchev–Trinajstić information content (AvgIpc) is 2.78. The molecule has 1 heterocycles. The van der Waals surface area contributed by atoms with E-state index >= 15 is 0 Å². The first-order valence-corrected chi connectivity index (χ1v) is 7.22. The molecule has 0 aliphatic carbocycles. The number of ether oxygens (including phenoxy) is 2. The summed E-state index contributed by atoms with van der Waals surface area (Å²) in [4.78, 5) is 12.6. The summed E-state index contributed by atoms with van der Waals surface area (Å²) in [5.74, 6) is 1.62. The fourth-order valence-corrected chi connectivity index (χ4v) is 2.59. The van der Waals surface area contributed by atoms with Gasteiger partial charge in [0.05, 0.1) is 13.7 Å². The highest BCUT2D eigenvalue weighted by Crippen LogP contribution is 2.26. The normalized spacial score (nSPS) is 13.8. The van der Waals surface area contributed by atoms with Crippen LogP contribution >= 0.6 is 0 Å². The molecule has 0 fully saturated rings. The van der Waals surface area contributed by atoms with Crippen LogP contribution in [0, 0.1) is 0 Å². The van der Waals surface area contributed by atoms with Crippen LogP contribution in [0.1, 0.15) is 34.3 Å². The first-order chi connectivity index (χ1) is 10.3. The zero-order valence-electron chi connectivity index (χ0n) is 12.1. The minimum atomic E-state index is 0.0148. The van der Waals surface area contributed by atoms with Crippen molar-refractivity contribution in [2.24, 2.45) is 0 Å². The topological polar surface area (TPSA) is 35.5 Å². The van der Waals surface area contributed by atoms with Gasteiger partial charge >= 0.3 is 0 Å². The second kappa shape index (κ2) is 6.00. The Bertz CT molecular complexity index is 661. The Morgan fingerprint density at radius 2 is 1.95 bits per heavy atom. The maximum atomic E-state index is 12.6. The molecule has 0 amide bonds. The molecule has 0 radical (unpaired) electrons. The number of rotatable bonds is 3. The average molecular weight is 282 g/mol. The van der Waals surface area contributed by atoms with E-state index in [4.69, 9.17) is 9.47 Å². The minimum Gasteiger partial charge on any atom is -0.497 e. The summed E-state index contributed by atoms with van der Waals surface area (Å²) in [7, 11) is 1.60. The third-order valence-electron chi connectivity index (χ3n) is 3.75. The first-order valence-electron chi connectivity index (χ1n) is 7.22. The van der Waals surface area contributed by atoms with Gasteiger partial charge in [0.1, 0.15) is 11.5 Å².